The van der Waals surface area contributed by atoms with E-state index in [-0.39, 0.29) is 5.97 Å². The second-order valence-electron chi connectivity index (χ2n) is 9.18. The van der Waals surface area contributed by atoms with Crippen molar-refractivity contribution in [3.05, 3.63) is 87.4 Å². The lowest BCUT2D eigenvalue weighted by Gasteiger charge is -2.51. The van der Waals surface area contributed by atoms with Gasteiger partial charge in [0, 0.05) is 28.5 Å². The number of carbonyl (C=O) groups excluding carboxylic acids is 1. The average Bonchev–Trinajstić information content (AvgIpc) is 3.44. The van der Waals surface area contributed by atoms with Crippen molar-refractivity contribution in [3.8, 4) is 0 Å². The molecule has 0 N–H and O–H groups in total. The zero-order chi connectivity index (χ0) is 21.1. The van der Waals surface area contributed by atoms with Crippen LogP contribution in [0.25, 0.3) is 0 Å². The molecule has 4 heteroatoms. The second-order valence-corrected chi connectivity index (χ2v) is 10.1. The monoisotopic (exact) mass is 475 g/mol. The van der Waals surface area contributed by atoms with Gasteiger partial charge in [0.25, 0.3) is 0 Å². The molecular weight excluding hydrogens is 450 g/mol. The Labute approximate surface area is 191 Å². The van der Waals surface area contributed by atoms with Gasteiger partial charge in [-0.2, -0.15) is 0 Å². The van der Waals surface area contributed by atoms with Crippen LogP contribution in [0.1, 0.15) is 64.7 Å². The highest BCUT2D eigenvalue weighted by atomic mass is 79.9. The molecule has 0 fully saturated rings. The van der Waals surface area contributed by atoms with Crippen molar-refractivity contribution in [1.29, 1.82) is 0 Å². The van der Waals surface area contributed by atoms with E-state index in [1.54, 1.807) is 0 Å². The van der Waals surface area contributed by atoms with E-state index in [1.165, 1.54) is 22.4 Å². The number of anilines is 1. The zero-order valence-electron chi connectivity index (χ0n) is 17.6. The van der Waals surface area contributed by atoms with Crippen LogP contribution in [0.15, 0.2) is 65.2 Å². The van der Waals surface area contributed by atoms with Crippen LogP contribution in [0.5, 0.6) is 0 Å². The fraction of sp³-hybridized carbons (Fsp3) is 0.370. The summed E-state index contributed by atoms with van der Waals surface area (Å²) in [6, 6.07) is 13.5. The minimum absolute atomic E-state index is 0.203. The highest BCUT2D eigenvalue weighted by Crippen LogP contribution is 2.59. The Kier molecular flexibility index (Phi) is 4.60. The number of carbonyl (C=O) groups is 1. The van der Waals surface area contributed by atoms with Gasteiger partial charge in [-0.1, -0.05) is 52.4 Å². The first-order chi connectivity index (χ1) is 15.2. The summed E-state index contributed by atoms with van der Waals surface area (Å²) in [4.78, 5) is 15.4. The zero-order valence-corrected chi connectivity index (χ0v) is 19.2. The maximum atomic E-state index is 12.7. The summed E-state index contributed by atoms with van der Waals surface area (Å²) in [5.74, 6) is 1.60. The molecular formula is C27H26BrNO2. The molecule has 6 rings (SSSR count). The summed E-state index contributed by atoms with van der Waals surface area (Å²) in [7, 11) is 0. The molecule has 2 aromatic rings. The largest absolute Gasteiger partial charge is 0.462 e. The van der Waals surface area contributed by atoms with Gasteiger partial charge < -0.3 is 9.64 Å². The minimum Gasteiger partial charge on any atom is -0.462 e. The van der Waals surface area contributed by atoms with Crippen LogP contribution < -0.4 is 4.90 Å². The van der Waals surface area contributed by atoms with E-state index in [9.17, 15) is 4.79 Å². The Morgan fingerprint density at radius 3 is 2.55 bits per heavy atom. The van der Waals surface area contributed by atoms with Gasteiger partial charge in [-0.05, 0) is 72.6 Å². The SMILES string of the molecule is CCOC(=O)c1cc2c3c(c1)[C@H]1C=CC[C@H]1[C@H](c1ccc(Br)cc1)N3C[C@H]1CC=C[C@H]21. The molecule has 0 unspecified atom stereocenters. The van der Waals surface area contributed by atoms with Crippen LogP contribution in [0.4, 0.5) is 5.69 Å². The molecule has 158 valence electrons. The fourth-order valence-electron chi connectivity index (χ4n) is 6.35. The number of halogens is 1. The first kappa shape index (κ1) is 19.4. The first-order valence-electron chi connectivity index (χ1n) is 11.4. The molecule has 2 aromatic carbocycles. The smallest absolute Gasteiger partial charge is 0.338 e. The van der Waals surface area contributed by atoms with Crippen LogP contribution in [0, 0.1) is 11.8 Å². The highest BCUT2D eigenvalue weighted by molar-refractivity contribution is 9.10. The number of allylic oxidation sites excluding steroid dienone is 4. The fourth-order valence-corrected chi connectivity index (χ4v) is 6.61. The molecule has 0 radical (unpaired) electrons. The molecule has 0 saturated heterocycles. The molecule has 2 aliphatic heterocycles. The molecule has 0 bridgehead atoms. The molecule has 0 spiro atoms. The van der Waals surface area contributed by atoms with Crippen LogP contribution in [0.3, 0.4) is 0 Å². The quantitative estimate of drug-likeness (QED) is 0.373. The van der Waals surface area contributed by atoms with Crippen LogP contribution in [0.2, 0.25) is 0 Å². The van der Waals surface area contributed by atoms with Crippen molar-refractivity contribution >= 4 is 27.6 Å². The van der Waals surface area contributed by atoms with Gasteiger partial charge >= 0.3 is 5.97 Å². The lowest BCUT2D eigenvalue weighted by molar-refractivity contribution is 0.0526. The Hall–Kier alpha value is -2.33. The Morgan fingerprint density at radius 2 is 1.77 bits per heavy atom. The van der Waals surface area contributed by atoms with Crippen molar-refractivity contribution in [2.24, 2.45) is 11.8 Å². The maximum absolute atomic E-state index is 12.7. The standard InChI is InChI=1S/C27H26BrNO2/c1-2-31-27(30)18-13-23-20-6-3-5-17(20)15-29-25(16-9-11-19(28)12-10-16)22-8-4-7-21(22)24(14-18)26(23)29/h3-4,6-7,9-14,17,20-22,25H,2,5,8,15H2,1H3/t17-,20+,21+,22-,25+/m1/s1. The number of rotatable bonds is 3. The maximum Gasteiger partial charge on any atom is 0.338 e. The Bertz CT molecular complexity index is 1090. The summed E-state index contributed by atoms with van der Waals surface area (Å²) in [6.07, 6.45) is 11.6. The summed E-state index contributed by atoms with van der Waals surface area (Å²) < 4.78 is 6.51. The molecule has 2 aliphatic carbocycles. The predicted octanol–water partition coefficient (Wildman–Crippen LogP) is 6.52. The Balaban J connectivity index is 1.56. The average molecular weight is 476 g/mol. The van der Waals surface area contributed by atoms with Gasteiger partial charge in [0.15, 0.2) is 0 Å². The first-order valence-corrected chi connectivity index (χ1v) is 12.2. The van der Waals surface area contributed by atoms with Crippen molar-refractivity contribution in [2.75, 3.05) is 18.1 Å². The summed E-state index contributed by atoms with van der Waals surface area (Å²) in [5.41, 5.74) is 6.08. The normalized spacial score (nSPS) is 29.5. The number of hydrogen-bond donors (Lipinski definition) is 0. The number of benzene rings is 2. The number of hydrogen-bond acceptors (Lipinski definition) is 3. The topological polar surface area (TPSA) is 29.5 Å². The van der Waals surface area contributed by atoms with Crippen molar-refractivity contribution < 1.29 is 9.53 Å². The van der Waals surface area contributed by atoms with E-state index >= 15 is 0 Å². The third-order valence-corrected chi connectivity index (χ3v) is 8.10. The van der Waals surface area contributed by atoms with Gasteiger partial charge in [-0.25, -0.2) is 4.79 Å². The van der Waals surface area contributed by atoms with Gasteiger partial charge in [0.05, 0.1) is 18.2 Å². The molecule has 5 atom stereocenters. The third kappa shape index (κ3) is 2.95. The molecule has 0 amide bonds. The van der Waals surface area contributed by atoms with E-state index < -0.39 is 0 Å². The van der Waals surface area contributed by atoms with Crippen LogP contribution in [-0.4, -0.2) is 19.1 Å². The number of esters is 1. The molecule has 3 nitrogen and oxygen atoms in total. The van der Waals surface area contributed by atoms with E-state index in [2.05, 4.69) is 81.5 Å². The van der Waals surface area contributed by atoms with Crippen LogP contribution in [-0.2, 0) is 4.74 Å². The summed E-state index contributed by atoms with van der Waals surface area (Å²) in [6.45, 7) is 3.34. The van der Waals surface area contributed by atoms with Gasteiger partial charge in [-0.15, -0.1) is 0 Å². The van der Waals surface area contributed by atoms with E-state index in [0.717, 1.165) is 23.9 Å². The van der Waals surface area contributed by atoms with Crippen molar-refractivity contribution in [1.82, 2.24) is 0 Å². The summed E-state index contributed by atoms with van der Waals surface area (Å²) in [5, 5.41) is 0. The third-order valence-electron chi connectivity index (χ3n) is 7.57. The highest BCUT2D eigenvalue weighted by Gasteiger charge is 2.48. The van der Waals surface area contributed by atoms with Gasteiger partial charge in [-0.3, -0.25) is 0 Å². The number of ether oxygens (including phenoxy) is 1. The van der Waals surface area contributed by atoms with E-state index in [0.29, 0.717) is 41.9 Å². The molecule has 2 heterocycles. The van der Waals surface area contributed by atoms with E-state index in [1.807, 2.05) is 6.92 Å². The molecule has 31 heavy (non-hydrogen) atoms. The van der Waals surface area contributed by atoms with Gasteiger partial charge in [0.2, 0.25) is 0 Å². The van der Waals surface area contributed by atoms with E-state index in [4.69, 9.17) is 4.74 Å². The van der Waals surface area contributed by atoms with Crippen molar-refractivity contribution in [3.63, 3.8) is 0 Å². The van der Waals surface area contributed by atoms with Crippen LogP contribution >= 0.6 is 15.9 Å². The Morgan fingerprint density at radius 1 is 1.06 bits per heavy atom. The molecule has 0 aromatic heterocycles. The lowest BCUT2D eigenvalue weighted by Crippen LogP contribution is -2.46. The van der Waals surface area contributed by atoms with Crippen molar-refractivity contribution in [2.45, 2.75) is 37.6 Å². The molecule has 4 aliphatic rings. The number of fused-ring (bicyclic) bond motifs is 4. The number of nitrogens with zero attached hydrogens (tertiary/aromatic N) is 1. The lowest BCUT2D eigenvalue weighted by atomic mass is 9.70. The van der Waals surface area contributed by atoms with Gasteiger partial charge in [0.1, 0.15) is 0 Å². The second kappa shape index (κ2) is 7.37. The molecule has 0 saturated carbocycles. The minimum atomic E-state index is -0.203. The summed E-state index contributed by atoms with van der Waals surface area (Å²) >= 11 is 3.60. The predicted molar refractivity (Wildman–Crippen MR) is 127 cm³/mol.